The van der Waals surface area contributed by atoms with Crippen LogP contribution in [0.15, 0.2) is 161 Å². The van der Waals surface area contributed by atoms with Gasteiger partial charge in [0.15, 0.2) is 0 Å². The predicted octanol–water partition coefficient (Wildman–Crippen LogP) is 11.4. The fourth-order valence-electron chi connectivity index (χ4n) is 6.25. The first-order valence-electron chi connectivity index (χ1n) is 16.0. The molecule has 0 aromatic heterocycles. The van der Waals surface area contributed by atoms with Gasteiger partial charge in [-0.15, -0.1) is 0 Å². The van der Waals surface area contributed by atoms with Crippen LogP contribution in [-0.2, 0) is 0 Å². The Morgan fingerprint density at radius 1 is 0.830 bits per heavy atom. The van der Waals surface area contributed by atoms with E-state index in [1.54, 1.807) is 0 Å². The average Bonchev–Trinajstić information content (AvgIpc) is 3.11. The molecule has 3 nitrogen and oxygen atoms in total. The quantitative estimate of drug-likeness (QED) is 0.118. The Hall–Kier alpha value is -5.67. The molecular formula is C44H39N3. The van der Waals surface area contributed by atoms with E-state index in [-0.39, 0.29) is 6.04 Å². The van der Waals surface area contributed by atoms with E-state index in [1.807, 2.05) is 36.6 Å². The van der Waals surface area contributed by atoms with Crippen LogP contribution in [0, 0.1) is 6.92 Å². The van der Waals surface area contributed by atoms with Gasteiger partial charge < -0.3 is 0 Å². The van der Waals surface area contributed by atoms with Gasteiger partial charge in [0, 0.05) is 11.8 Å². The van der Waals surface area contributed by atoms with Gasteiger partial charge in [0.2, 0.25) is 0 Å². The lowest BCUT2D eigenvalue weighted by Gasteiger charge is -2.18. The van der Waals surface area contributed by atoms with E-state index < -0.39 is 0 Å². The zero-order valence-corrected chi connectivity index (χ0v) is 27.3. The summed E-state index contributed by atoms with van der Waals surface area (Å²) < 4.78 is 0. The largest absolute Gasteiger partial charge is 0.288 e. The van der Waals surface area contributed by atoms with E-state index in [4.69, 9.17) is 9.98 Å². The number of para-hydroxylation sites is 1. The Morgan fingerprint density at radius 2 is 1.62 bits per heavy atom. The predicted molar refractivity (Wildman–Crippen MR) is 206 cm³/mol. The maximum absolute atomic E-state index is 5.13. The minimum absolute atomic E-state index is 0.00381. The first kappa shape index (κ1) is 31.3. The van der Waals surface area contributed by atoms with Crippen molar-refractivity contribution >= 4 is 57.0 Å². The number of nitrogens with zero attached hydrogens (tertiary/aromatic N) is 3. The van der Waals surface area contributed by atoms with Gasteiger partial charge in [0.05, 0.1) is 24.0 Å². The summed E-state index contributed by atoms with van der Waals surface area (Å²) >= 11 is 0. The molecule has 0 bridgehead atoms. The maximum atomic E-state index is 5.13. The van der Waals surface area contributed by atoms with Gasteiger partial charge in [-0.05, 0) is 112 Å². The molecule has 6 rings (SSSR count). The van der Waals surface area contributed by atoms with Crippen molar-refractivity contribution in [3.05, 3.63) is 173 Å². The number of hydrogen-bond donors (Lipinski definition) is 0. The molecule has 1 aliphatic carbocycles. The van der Waals surface area contributed by atoms with E-state index in [2.05, 4.69) is 142 Å². The fourth-order valence-corrected chi connectivity index (χ4v) is 6.25. The molecule has 0 heterocycles. The zero-order valence-electron chi connectivity index (χ0n) is 27.3. The number of rotatable bonds is 9. The summed E-state index contributed by atoms with van der Waals surface area (Å²) in [6.07, 6.45) is 14.5. The van der Waals surface area contributed by atoms with Gasteiger partial charge in [0.1, 0.15) is 0 Å². The zero-order chi connectivity index (χ0) is 32.8. The van der Waals surface area contributed by atoms with Crippen LogP contribution >= 0.6 is 0 Å². The number of aliphatic imine (C=N–C) groups is 3. The monoisotopic (exact) mass is 609 g/mol. The van der Waals surface area contributed by atoms with Gasteiger partial charge in [-0.1, -0.05) is 116 Å². The number of benzene rings is 5. The highest BCUT2D eigenvalue weighted by molar-refractivity contribution is 6.11. The molecule has 1 atom stereocenters. The van der Waals surface area contributed by atoms with Crippen LogP contribution in [0.5, 0.6) is 0 Å². The van der Waals surface area contributed by atoms with Crippen molar-refractivity contribution < 1.29 is 0 Å². The number of hydrogen-bond acceptors (Lipinski definition) is 3. The Morgan fingerprint density at radius 3 is 2.45 bits per heavy atom. The lowest BCUT2D eigenvalue weighted by molar-refractivity contribution is 0.830. The summed E-state index contributed by atoms with van der Waals surface area (Å²) in [5.41, 5.74) is 10.6. The number of fused-ring (bicyclic) bond motifs is 2. The summed E-state index contributed by atoms with van der Waals surface area (Å²) in [7, 11) is 0. The van der Waals surface area contributed by atoms with Crippen molar-refractivity contribution in [1.82, 2.24) is 0 Å². The molecule has 0 N–H and O–H groups in total. The highest BCUT2D eigenvalue weighted by Crippen LogP contribution is 2.34. The fraction of sp³-hybridized carbons (Fsp3) is 0.114. The Labute approximate surface area is 278 Å². The molecule has 47 heavy (non-hydrogen) atoms. The molecule has 0 spiro atoms. The molecule has 1 aliphatic rings. The highest BCUT2D eigenvalue weighted by Gasteiger charge is 2.15. The first-order valence-corrected chi connectivity index (χ1v) is 16.0. The summed E-state index contributed by atoms with van der Waals surface area (Å²) in [6.45, 7) is 15.2. The Balaban J connectivity index is 1.41. The summed E-state index contributed by atoms with van der Waals surface area (Å²) in [6, 6.07) is 33.9. The molecule has 0 amide bonds. The van der Waals surface area contributed by atoms with Crippen molar-refractivity contribution in [2.45, 2.75) is 26.8 Å². The van der Waals surface area contributed by atoms with Gasteiger partial charge in [-0.2, -0.15) is 0 Å². The van der Waals surface area contributed by atoms with Gasteiger partial charge >= 0.3 is 0 Å². The third-order valence-corrected chi connectivity index (χ3v) is 8.81. The van der Waals surface area contributed by atoms with E-state index >= 15 is 0 Å². The summed E-state index contributed by atoms with van der Waals surface area (Å²) in [5, 5.41) is 4.83. The minimum atomic E-state index is -0.00381. The third kappa shape index (κ3) is 6.80. The van der Waals surface area contributed by atoms with E-state index in [1.165, 1.54) is 32.7 Å². The molecule has 0 fully saturated rings. The van der Waals surface area contributed by atoms with Crippen molar-refractivity contribution in [1.29, 1.82) is 0 Å². The van der Waals surface area contributed by atoms with Crippen molar-refractivity contribution in [3.8, 4) is 0 Å². The van der Waals surface area contributed by atoms with E-state index in [9.17, 15) is 0 Å². The van der Waals surface area contributed by atoms with Crippen LogP contribution in [0.3, 0.4) is 0 Å². The van der Waals surface area contributed by atoms with Crippen LogP contribution in [0.4, 0.5) is 5.69 Å². The lowest BCUT2D eigenvalue weighted by atomic mass is 9.90. The smallest absolute Gasteiger partial charge is 0.0734 e. The molecular weight excluding hydrogens is 571 g/mol. The van der Waals surface area contributed by atoms with Gasteiger partial charge in [-0.25, -0.2) is 0 Å². The van der Waals surface area contributed by atoms with Gasteiger partial charge in [-0.3, -0.25) is 15.0 Å². The number of aryl methyl sites for hydroxylation is 1. The second-order valence-corrected chi connectivity index (χ2v) is 11.8. The van der Waals surface area contributed by atoms with Gasteiger partial charge in [0.25, 0.3) is 0 Å². The molecule has 1 unspecified atom stereocenters. The SMILES string of the molecule is C=Nc1ccccc1C=NC/C(=C/C(=C)c1ccc2ccccc2c1)c1ccc2c(C(C)N=C3C=CC=C/C3=C/C)cccc2c1C. The Kier molecular flexibility index (Phi) is 9.45. The van der Waals surface area contributed by atoms with Crippen LogP contribution in [0.1, 0.15) is 47.7 Å². The van der Waals surface area contributed by atoms with Crippen LogP contribution in [0.25, 0.3) is 32.7 Å². The molecule has 0 saturated carbocycles. The third-order valence-electron chi connectivity index (χ3n) is 8.81. The molecule has 0 radical (unpaired) electrons. The maximum Gasteiger partial charge on any atom is 0.0734 e. The molecule has 0 aliphatic heterocycles. The molecule has 5 aromatic rings. The summed E-state index contributed by atoms with van der Waals surface area (Å²) in [4.78, 5) is 14.2. The Bertz CT molecular complexity index is 2190. The van der Waals surface area contributed by atoms with Crippen molar-refractivity contribution in [3.63, 3.8) is 0 Å². The van der Waals surface area contributed by atoms with E-state index in [0.717, 1.165) is 44.8 Å². The minimum Gasteiger partial charge on any atom is -0.288 e. The molecule has 5 aromatic carbocycles. The normalized spacial score (nSPS) is 15.7. The van der Waals surface area contributed by atoms with Crippen molar-refractivity contribution in [2.75, 3.05) is 6.54 Å². The van der Waals surface area contributed by atoms with Crippen LogP contribution in [-0.4, -0.2) is 25.2 Å². The highest BCUT2D eigenvalue weighted by atomic mass is 14.8. The van der Waals surface area contributed by atoms with Crippen LogP contribution in [0.2, 0.25) is 0 Å². The second-order valence-electron chi connectivity index (χ2n) is 11.8. The number of allylic oxidation sites excluding steroid dienone is 8. The average molecular weight is 610 g/mol. The second kappa shape index (κ2) is 14.2. The summed E-state index contributed by atoms with van der Waals surface area (Å²) in [5.74, 6) is 0. The molecule has 0 saturated heterocycles. The molecule has 3 heteroatoms. The topological polar surface area (TPSA) is 37.1 Å². The lowest BCUT2D eigenvalue weighted by Crippen LogP contribution is -2.04. The standard InChI is InChI=1S/C44H39N3/c1-6-33-14-9-12-21-44(33)47-32(4)41-19-13-18-40-31(3)39(24-25-42(40)41)38(29-46-28-37-17-10-11-20-43(37)45-5)26-30(2)35-23-22-34-15-7-8-16-36(34)27-35/h6-28,32H,2,5,29H2,1,3-4H3/b33-6-,38-26-,46-28?,47-44?. The molecule has 230 valence electrons. The van der Waals surface area contributed by atoms with Crippen LogP contribution < -0.4 is 0 Å². The van der Waals surface area contributed by atoms with Crippen molar-refractivity contribution in [2.24, 2.45) is 15.0 Å². The first-order chi connectivity index (χ1) is 23.0. The van der Waals surface area contributed by atoms with E-state index in [0.29, 0.717) is 6.54 Å².